The Bertz CT molecular complexity index is 2020. The summed E-state index contributed by atoms with van der Waals surface area (Å²) in [5, 5.41) is 32.7. The number of aliphatic hydroxyl groups is 1. The molecule has 4 aromatic rings. The predicted molar refractivity (Wildman–Crippen MR) is 214 cm³/mol. The molecule has 6 rings (SSSR count). The maximum Gasteiger partial charge on any atom is 0.243 e. The minimum atomic E-state index is -0.845. The van der Waals surface area contributed by atoms with Crippen LogP contribution in [0.2, 0.25) is 0 Å². The Morgan fingerprint density at radius 1 is 1.04 bits per heavy atom. The summed E-state index contributed by atoms with van der Waals surface area (Å²) in [5.74, 6) is -0.925. The number of ketones is 1. The summed E-state index contributed by atoms with van der Waals surface area (Å²) in [4.78, 5) is 52.6. The Hall–Kier alpha value is -4.92. The van der Waals surface area contributed by atoms with Crippen LogP contribution in [-0.2, 0) is 14.4 Å². The van der Waals surface area contributed by atoms with Crippen LogP contribution in [0.4, 0.5) is 11.5 Å². The summed E-state index contributed by atoms with van der Waals surface area (Å²) >= 11 is 1.58. The molecule has 0 spiro atoms. The molecular formula is C41H52N8O5S. The van der Waals surface area contributed by atoms with Crippen molar-refractivity contribution >= 4 is 40.4 Å². The van der Waals surface area contributed by atoms with E-state index in [9.17, 15) is 24.6 Å². The molecule has 14 heteroatoms. The maximum atomic E-state index is 14.2. The van der Waals surface area contributed by atoms with Gasteiger partial charge in [-0.15, -0.1) is 21.5 Å². The number of nitrogens with two attached hydrogens (primary N) is 1. The van der Waals surface area contributed by atoms with Crippen molar-refractivity contribution in [2.75, 3.05) is 49.9 Å². The first kappa shape index (κ1) is 39.8. The van der Waals surface area contributed by atoms with E-state index >= 15 is 0 Å². The molecule has 292 valence electrons. The van der Waals surface area contributed by atoms with Crippen molar-refractivity contribution in [2.24, 2.45) is 11.3 Å². The largest absolute Gasteiger partial charge is 0.507 e. The number of anilines is 2. The van der Waals surface area contributed by atoms with Crippen LogP contribution in [-0.4, -0.2) is 104 Å². The van der Waals surface area contributed by atoms with Gasteiger partial charge in [0.05, 0.1) is 46.2 Å². The van der Waals surface area contributed by atoms with Crippen molar-refractivity contribution in [1.82, 2.24) is 30.3 Å². The lowest BCUT2D eigenvalue weighted by Gasteiger charge is -2.37. The topological polar surface area (TPSA) is 178 Å². The number of aryl methyl sites for hydroxylation is 2. The molecular weight excluding hydrogens is 717 g/mol. The number of nitrogens with one attached hydrogen (secondary N) is 1. The second kappa shape index (κ2) is 16.4. The van der Waals surface area contributed by atoms with Gasteiger partial charge < -0.3 is 31.1 Å². The van der Waals surface area contributed by atoms with Gasteiger partial charge in [0.2, 0.25) is 11.8 Å². The number of hydrogen-bond acceptors (Lipinski definition) is 12. The van der Waals surface area contributed by atoms with E-state index in [1.54, 1.807) is 17.4 Å². The number of aromatic nitrogens is 3. The van der Waals surface area contributed by atoms with Crippen LogP contribution in [0.5, 0.6) is 5.75 Å². The molecule has 0 bridgehead atoms. The number of thiazole rings is 1. The van der Waals surface area contributed by atoms with E-state index in [1.807, 2.05) is 89.5 Å². The van der Waals surface area contributed by atoms with E-state index < -0.39 is 23.5 Å². The van der Waals surface area contributed by atoms with Gasteiger partial charge in [-0.05, 0) is 55.0 Å². The van der Waals surface area contributed by atoms with Crippen LogP contribution in [0.15, 0.2) is 54.0 Å². The number of aliphatic hydroxyl groups excluding tert-OH is 1. The zero-order valence-electron chi connectivity index (χ0n) is 32.5. The Labute approximate surface area is 326 Å². The number of aromatic hydroxyl groups is 1. The third-order valence-electron chi connectivity index (χ3n) is 10.8. The fourth-order valence-electron chi connectivity index (χ4n) is 7.50. The number of nitrogens with zero attached hydrogens (tertiary/aromatic N) is 6. The van der Waals surface area contributed by atoms with Crippen molar-refractivity contribution in [3.8, 4) is 27.4 Å². The molecule has 2 aromatic heterocycles. The van der Waals surface area contributed by atoms with Gasteiger partial charge in [-0.2, -0.15) is 0 Å². The standard InChI is InChI=1S/C41H52N8O5S/c1-24-8-7-9-31(36(24)52)33-20-34(38(42)46-45-33)48-16-14-47(15-17-48)21-29(50)18-32(41(4,5)6)40(54)49-22-30(51)19-35(49)39(53)44-25(2)27-10-12-28(13-11-27)37-26(3)43-23-55-37/h7-13,20,23,25,30,32,35,51-52H,14-19,21-22H2,1-6H3,(H2,42,46)(H,44,53)/t25-,30+,32+,35-/m0/s1. The number of hydrogen-bond donors (Lipinski definition) is 4. The van der Waals surface area contributed by atoms with Crippen molar-refractivity contribution in [2.45, 2.75) is 72.6 Å². The number of Topliss-reactive ketones (excluding diaryl/α,β-unsaturated/α-hetero) is 1. The molecule has 0 aliphatic carbocycles. The fraction of sp³-hybridized carbons (Fsp3) is 0.463. The number of β-amino-alcohol motifs (C(OH)–C–C–N with tert-alkyl or cyclic N) is 1. The first-order chi connectivity index (χ1) is 26.1. The van der Waals surface area contributed by atoms with Crippen molar-refractivity contribution in [3.05, 3.63) is 70.9 Å². The number of nitrogen functional groups attached to an aromatic ring is 1. The van der Waals surface area contributed by atoms with Crippen LogP contribution >= 0.6 is 11.3 Å². The van der Waals surface area contributed by atoms with E-state index in [4.69, 9.17) is 5.73 Å². The van der Waals surface area contributed by atoms with Crippen LogP contribution < -0.4 is 16.0 Å². The Kier molecular flexibility index (Phi) is 11.9. The average molecular weight is 769 g/mol. The Balaban J connectivity index is 1.06. The zero-order valence-corrected chi connectivity index (χ0v) is 33.3. The molecule has 0 saturated carbocycles. The second-order valence-electron chi connectivity index (χ2n) is 15.9. The molecule has 2 aliphatic rings. The van der Waals surface area contributed by atoms with Gasteiger partial charge in [-0.25, -0.2) is 4.98 Å². The second-order valence-corrected chi connectivity index (χ2v) is 16.8. The normalized spacial score (nSPS) is 19.0. The Morgan fingerprint density at radius 3 is 2.40 bits per heavy atom. The van der Waals surface area contributed by atoms with Gasteiger partial charge in [0.25, 0.3) is 0 Å². The third kappa shape index (κ3) is 8.98. The highest BCUT2D eigenvalue weighted by molar-refractivity contribution is 7.13. The summed E-state index contributed by atoms with van der Waals surface area (Å²) in [6.07, 6.45) is -0.683. The van der Waals surface area contributed by atoms with Crippen molar-refractivity contribution < 1.29 is 24.6 Å². The lowest BCUT2D eigenvalue weighted by Crippen LogP contribution is -2.51. The lowest BCUT2D eigenvalue weighted by molar-refractivity contribution is -0.146. The van der Waals surface area contributed by atoms with Crippen LogP contribution in [0.1, 0.15) is 63.4 Å². The highest BCUT2D eigenvalue weighted by Gasteiger charge is 2.44. The van der Waals surface area contributed by atoms with Crippen LogP contribution in [0.3, 0.4) is 0 Å². The molecule has 2 amide bonds. The average Bonchev–Trinajstić information content (AvgIpc) is 3.77. The molecule has 4 atom stereocenters. The van der Waals surface area contributed by atoms with Crippen molar-refractivity contribution in [3.63, 3.8) is 0 Å². The molecule has 2 aromatic carbocycles. The number of carbonyl (C=O) groups is 3. The third-order valence-corrected chi connectivity index (χ3v) is 11.8. The van der Waals surface area contributed by atoms with Gasteiger partial charge >= 0.3 is 0 Å². The van der Waals surface area contributed by atoms with E-state index in [2.05, 4.69) is 30.3 Å². The summed E-state index contributed by atoms with van der Waals surface area (Å²) in [5.41, 5.74) is 13.0. The lowest BCUT2D eigenvalue weighted by atomic mass is 9.76. The molecule has 2 aliphatic heterocycles. The summed E-state index contributed by atoms with van der Waals surface area (Å²) in [6.45, 7) is 14.1. The highest BCUT2D eigenvalue weighted by atomic mass is 32.1. The minimum Gasteiger partial charge on any atom is -0.507 e. The molecule has 55 heavy (non-hydrogen) atoms. The van der Waals surface area contributed by atoms with Crippen LogP contribution in [0, 0.1) is 25.2 Å². The number of carbonyl (C=O) groups excluding carboxylic acids is 3. The highest BCUT2D eigenvalue weighted by Crippen LogP contribution is 2.36. The first-order valence-electron chi connectivity index (χ1n) is 18.8. The van der Waals surface area contributed by atoms with E-state index in [1.165, 1.54) is 4.90 Å². The summed E-state index contributed by atoms with van der Waals surface area (Å²) < 4.78 is 0. The predicted octanol–water partition coefficient (Wildman–Crippen LogP) is 4.75. The summed E-state index contributed by atoms with van der Waals surface area (Å²) in [6, 6.07) is 14.1. The van der Waals surface area contributed by atoms with Crippen LogP contribution in [0.25, 0.3) is 21.7 Å². The molecule has 0 radical (unpaired) electrons. The number of phenols is 1. The first-order valence-corrected chi connectivity index (χ1v) is 19.7. The van der Waals surface area contributed by atoms with Gasteiger partial charge in [-0.3, -0.25) is 19.3 Å². The Morgan fingerprint density at radius 2 is 1.75 bits per heavy atom. The number of likely N-dealkylation sites (tertiary alicyclic amines) is 1. The minimum absolute atomic E-state index is 0.0238. The fourth-order valence-corrected chi connectivity index (χ4v) is 8.31. The smallest absolute Gasteiger partial charge is 0.243 e. The molecule has 5 N–H and O–H groups in total. The molecule has 2 saturated heterocycles. The number of piperazine rings is 1. The monoisotopic (exact) mass is 768 g/mol. The van der Waals surface area contributed by atoms with Gasteiger partial charge in [0, 0.05) is 57.0 Å². The molecule has 0 unspecified atom stereocenters. The van der Waals surface area contributed by atoms with Crippen molar-refractivity contribution in [1.29, 1.82) is 0 Å². The van der Waals surface area contributed by atoms with Gasteiger partial charge in [0.1, 0.15) is 17.6 Å². The number of benzene rings is 2. The zero-order chi connectivity index (χ0) is 39.6. The van der Waals surface area contributed by atoms with E-state index in [-0.39, 0.29) is 61.1 Å². The molecule has 4 heterocycles. The quantitative estimate of drug-likeness (QED) is 0.166. The number of para-hydroxylation sites is 1. The maximum absolute atomic E-state index is 14.2. The molecule has 13 nitrogen and oxygen atoms in total. The van der Waals surface area contributed by atoms with Gasteiger partial charge in [0.15, 0.2) is 5.82 Å². The number of amides is 2. The summed E-state index contributed by atoms with van der Waals surface area (Å²) in [7, 11) is 0. The number of rotatable bonds is 11. The van der Waals surface area contributed by atoms with E-state index in [0.29, 0.717) is 37.4 Å². The van der Waals surface area contributed by atoms with Gasteiger partial charge in [-0.1, -0.05) is 57.2 Å². The SMILES string of the molecule is Cc1cccc(-c2cc(N3CCN(CC(=O)C[C@H](C(=O)N4C[C@H](O)C[C@H]4C(=O)N[C@@H](C)c4ccc(-c5scnc5C)cc4)C(C)(C)C)CC3)c(N)nn2)c1O. The van der Waals surface area contributed by atoms with E-state index in [0.717, 1.165) is 32.9 Å². The molecule has 2 fully saturated rings. The number of phenolic OH excluding ortho intramolecular Hbond substituents is 1.